The number of hydrogen-bond acceptors (Lipinski definition) is 4. The van der Waals surface area contributed by atoms with E-state index in [1.54, 1.807) is 0 Å². The molecule has 0 spiro atoms. The van der Waals surface area contributed by atoms with Crippen molar-refractivity contribution in [1.82, 2.24) is 4.90 Å². The van der Waals surface area contributed by atoms with Crippen molar-refractivity contribution in [2.75, 3.05) is 51.4 Å². The van der Waals surface area contributed by atoms with Crippen molar-refractivity contribution in [2.45, 2.75) is 0 Å². The summed E-state index contributed by atoms with van der Waals surface area (Å²) >= 11 is 3.46. The first-order valence-electron chi connectivity index (χ1n) is 5.61. The Labute approximate surface area is 111 Å². The van der Waals surface area contributed by atoms with Crippen LogP contribution in [0.25, 0.3) is 0 Å². The van der Waals surface area contributed by atoms with E-state index in [1.807, 2.05) is 32.3 Å². The van der Waals surface area contributed by atoms with Crippen LogP contribution in [0.1, 0.15) is 0 Å². The van der Waals surface area contributed by atoms with Gasteiger partial charge in [-0.25, -0.2) is 0 Å². The van der Waals surface area contributed by atoms with Crippen LogP contribution in [0.4, 0.5) is 11.4 Å². The van der Waals surface area contributed by atoms with Crippen LogP contribution >= 0.6 is 15.9 Å². The minimum atomic E-state index is 0.699. The number of nitrogens with one attached hydrogen (secondary N) is 1. The van der Waals surface area contributed by atoms with Gasteiger partial charge in [0.05, 0.1) is 13.2 Å². The number of rotatable bonds is 7. The average molecular weight is 302 g/mol. The third-order valence-corrected chi connectivity index (χ3v) is 2.89. The standard InChI is InChI=1S/C12H20BrN3O/c1-16(2)6-8-17-7-5-15-12-4-3-10(14)9-11(12)13/h3-4,9,15H,5-8,14H2,1-2H3. The summed E-state index contributed by atoms with van der Waals surface area (Å²) in [5.74, 6) is 0. The summed E-state index contributed by atoms with van der Waals surface area (Å²) < 4.78 is 6.46. The maximum Gasteiger partial charge on any atom is 0.0639 e. The number of nitrogen functional groups attached to an aromatic ring is 1. The first kappa shape index (κ1) is 14.3. The van der Waals surface area contributed by atoms with E-state index in [0.717, 1.165) is 35.5 Å². The van der Waals surface area contributed by atoms with Crippen molar-refractivity contribution in [3.63, 3.8) is 0 Å². The molecule has 4 nitrogen and oxygen atoms in total. The molecule has 0 amide bonds. The fraction of sp³-hybridized carbons (Fsp3) is 0.500. The summed E-state index contributed by atoms with van der Waals surface area (Å²) in [6.07, 6.45) is 0. The van der Waals surface area contributed by atoms with E-state index in [2.05, 4.69) is 26.1 Å². The lowest BCUT2D eigenvalue weighted by atomic mass is 10.3. The smallest absolute Gasteiger partial charge is 0.0639 e. The van der Waals surface area contributed by atoms with Crippen LogP contribution in [-0.2, 0) is 4.74 Å². The predicted molar refractivity (Wildman–Crippen MR) is 76.4 cm³/mol. The Balaban J connectivity index is 2.18. The van der Waals surface area contributed by atoms with Crippen LogP contribution in [0, 0.1) is 0 Å². The molecule has 0 bridgehead atoms. The second kappa shape index (κ2) is 7.53. The lowest BCUT2D eigenvalue weighted by Crippen LogP contribution is -2.20. The zero-order valence-electron chi connectivity index (χ0n) is 10.4. The number of halogens is 1. The molecule has 0 aliphatic carbocycles. The number of benzene rings is 1. The monoisotopic (exact) mass is 301 g/mol. The molecule has 0 radical (unpaired) electrons. The second-order valence-corrected chi connectivity index (χ2v) is 4.94. The van der Waals surface area contributed by atoms with Gasteiger partial charge in [-0.2, -0.15) is 0 Å². The fourth-order valence-electron chi connectivity index (χ4n) is 1.28. The minimum absolute atomic E-state index is 0.699. The van der Waals surface area contributed by atoms with Gasteiger partial charge in [0, 0.05) is 28.9 Å². The molecule has 0 aliphatic heterocycles. The Hall–Kier alpha value is -0.780. The highest BCUT2D eigenvalue weighted by atomic mass is 79.9. The van der Waals surface area contributed by atoms with E-state index in [4.69, 9.17) is 10.5 Å². The van der Waals surface area contributed by atoms with Gasteiger partial charge in [0.15, 0.2) is 0 Å². The zero-order chi connectivity index (χ0) is 12.7. The Kier molecular flexibility index (Phi) is 6.32. The number of anilines is 2. The first-order valence-corrected chi connectivity index (χ1v) is 6.40. The third kappa shape index (κ3) is 5.91. The molecule has 0 heterocycles. The summed E-state index contributed by atoms with van der Waals surface area (Å²) in [6.45, 7) is 3.20. The average Bonchev–Trinajstić information content (AvgIpc) is 2.25. The van der Waals surface area contributed by atoms with Gasteiger partial charge in [-0.1, -0.05) is 0 Å². The van der Waals surface area contributed by atoms with Gasteiger partial charge in [-0.05, 0) is 48.2 Å². The van der Waals surface area contributed by atoms with Crippen LogP contribution in [0.2, 0.25) is 0 Å². The highest BCUT2D eigenvalue weighted by molar-refractivity contribution is 9.10. The van der Waals surface area contributed by atoms with Gasteiger partial charge in [-0.3, -0.25) is 0 Å². The van der Waals surface area contributed by atoms with Crippen LogP contribution in [-0.4, -0.2) is 45.3 Å². The predicted octanol–water partition coefficient (Wildman–Crippen LogP) is 2.02. The van der Waals surface area contributed by atoms with E-state index in [9.17, 15) is 0 Å². The van der Waals surface area contributed by atoms with Gasteiger partial charge < -0.3 is 20.7 Å². The lowest BCUT2D eigenvalue weighted by Gasteiger charge is -2.11. The molecule has 0 fully saturated rings. The van der Waals surface area contributed by atoms with Crippen LogP contribution in [0.5, 0.6) is 0 Å². The number of ether oxygens (including phenoxy) is 1. The van der Waals surface area contributed by atoms with Crippen molar-refractivity contribution in [1.29, 1.82) is 0 Å². The number of hydrogen-bond donors (Lipinski definition) is 2. The van der Waals surface area contributed by atoms with Gasteiger partial charge >= 0.3 is 0 Å². The Morgan fingerprint density at radius 2 is 2.12 bits per heavy atom. The highest BCUT2D eigenvalue weighted by Crippen LogP contribution is 2.24. The van der Waals surface area contributed by atoms with Gasteiger partial charge in [-0.15, -0.1) is 0 Å². The largest absolute Gasteiger partial charge is 0.399 e. The minimum Gasteiger partial charge on any atom is -0.399 e. The number of nitrogens with two attached hydrogens (primary N) is 1. The first-order chi connectivity index (χ1) is 8.09. The van der Waals surface area contributed by atoms with Crippen molar-refractivity contribution < 1.29 is 4.74 Å². The van der Waals surface area contributed by atoms with Crippen LogP contribution < -0.4 is 11.1 Å². The van der Waals surface area contributed by atoms with Crippen LogP contribution in [0.15, 0.2) is 22.7 Å². The molecule has 0 unspecified atom stereocenters. The molecular formula is C12H20BrN3O. The molecule has 1 aromatic carbocycles. The zero-order valence-corrected chi connectivity index (χ0v) is 12.0. The Bertz CT molecular complexity index is 345. The van der Waals surface area contributed by atoms with Gasteiger partial charge in [0.2, 0.25) is 0 Å². The van der Waals surface area contributed by atoms with Gasteiger partial charge in [0.1, 0.15) is 0 Å². The van der Waals surface area contributed by atoms with Crippen molar-refractivity contribution in [2.24, 2.45) is 0 Å². The van der Waals surface area contributed by atoms with E-state index in [0.29, 0.717) is 6.61 Å². The molecule has 1 aromatic rings. The summed E-state index contributed by atoms with van der Waals surface area (Å²) in [5.41, 5.74) is 7.45. The Morgan fingerprint density at radius 3 is 2.76 bits per heavy atom. The lowest BCUT2D eigenvalue weighted by molar-refractivity contribution is 0.126. The molecule has 1 rings (SSSR count). The summed E-state index contributed by atoms with van der Waals surface area (Å²) in [4.78, 5) is 2.10. The van der Waals surface area contributed by atoms with Crippen LogP contribution in [0.3, 0.4) is 0 Å². The molecule has 0 saturated carbocycles. The molecule has 96 valence electrons. The normalized spacial score (nSPS) is 10.8. The second-order valence-electron chi connectivity index (χ2n) is 4.08. The summed E-state index contributed by atoms with van der Waals surface area (Å²) in [6, 6.07) is 5.72. The molecule has 0 aliphatic rings. The molecule has 0 aromatic heterocycles. The number of nitrogens with zero attached hydrogens (tertiary/aromatic N) is 1. The molecular weight excluding hydrogens is 282 g/mol. The SMILES string of the molecule is CN(C)CCOCCNc1ccc(N)cc1Br. The topological polar surface area (TPSA) is 50.5 Å². The maximum atomic E-state index is 5.66. The number of likely N-dealkylation sites (N-methyl/N-ethyl adjacent to an activating group) is 1. The molecule has 5 heteroatoms. The maximum absolute atomic E-state index is 5.66. The van der Waals surface area contributed by atoms with E-state index >= 15 is 0 Å². The van der Waals surface area contributed by atoms with Crippen molar-refractivity contribution >= 4 is 27.3 Å². The van der Waals surface area contributed by atoms with E-state index in [1.165, 1.54) is 0 Å². The van der Waals surface area contributed by atoms with Crippen molar-refractivity contribution in [3.8, 4) is 0 Å². The molecule has 0 atom stereocenters. The summed E-state index contributed by atoms with van der Waals surface area (Å²) in [5, 5.41) is 3.29. The fourth-order valence-corrected chi connectivity index (χ4v) is 1.82. The molecule has 3 N–H and O–H groups in total. The van der Waals surface area contributed by atoms with Crippen molar-refractivity contribution in [3.05, 3.63) is 22.7 Å². The quantitative estimate of drug-likeness (QED) is 0.598. The molecule has 17 heavy (non-hydrogen) atoms. The third-order valence-electron chi connectivity index (χ3n) is 2.24. The highest BCUT2D eigenvalue weighted by Gasteiger charge is 1.99. The van der Waals surface area contributed by atoms with Gasteiger partial charge in [0.25, 0.3) is 0 Å². The Morgan fingerprint density at radius 1 is 1.35 bits per heavy atom. The molecule has 0 saturated heterocycles. The summed E-state index contributed by atoms with van der Waals surface area (Å²) in [7, 11) is 4.07. The van der Waals surface area contributed by atoms with E-state index < -0.39 is 0 Å². The van der Waals surface area contributed by atoms with E-state index in [-0.39, 0.29) is 0 Å².